The number of thiophene rings is 1. The summed E-state index contributed by atoms with van der Waals surface area (Å²) in [6.07, 6.45) is 0.224. The highest BCUT2D eigenvalue weighted by Gasteiger charge is 2.16. The molecule has 0 unspecified atom stereocenters. The molecule has 0 saturated carbocycles. The number of nitrogens with zero attached hydrogens (tertiary/aromatic N) is 4. The predicted octanol–water partition coefficient (Wildman–Crippen LogP) is 4.38. The minimum atomic E-state index is -0.358. The Morgan fingerprint density at radius 2 is 2.07 bits per heavy atom. The van der Waals surface area contributed by atoms with Crippen LogP contribution < -0.4 is 5.73 Å². The minimum Gasteiger partial charge on any atom is -0.370 e. The summed E-state index contributed by atoms with van der Waals surface area (Å²) in [7, 11) is 0. The number of thioether (sulfide) groups is 1. The number of para-hydroxylation sites is 1. The van der Waals surface area contributed by atoms with E-state index >= 15 is 0 Å². The lowest BCUT2D eigenvalue weighted by Crippen LogP contribution is -2.14. The minimum absolute atomic E-state index is 0.224. The molecule has 9 heteroatoms. The third kappa shape index (κ3) is 4.04. The zero-order valence-electron chi connectivity index (χ0n) is 14.7. The second kappa shape index (κ2) is 8.30. The van der Waals surface area contributed by atoms with Crippen LogP contribution in [-0.2, 0) is 17.1 Å². The summed E-state index contributed by atoms with van der Waals surface area (Å²) >= 11 is 9.46. The van der Waals surface area contributed by atoms with Crippen molar-refractivity contribution in [2.45, 2.75) is 23.9 Å². The molecule has 4 aromatic rings. The van der Waals surface area contributed by atoms with Crippen LogP contribution in [0.15, 0.2) is 53.0 Å². The highest BCUT2D eigenvalue weighted by Crippen LogP contribution is 2.31. The zero-order valence-corrected chi connectivity index (χ0v) is 17.1. The second-order valence-electron chi connectivity index (χ2n) is 6.07. The third-order valence-electron chi connectivity index (χ3n) is 4.15. The molecule has 3 aromatic heterocycles. The lowest BCUT2D eigenvalue weighted by atomic mass is 10.2. The number of pyridine rings is 1. The van der Waals surface area contributed by atoms with Gasteiger partial charge in [-0.15, -0.1) is 21.5 Å². The van der Waals surface area contributed by atoms with E-state index in [-0.39, 0.29) is 12.3 Å². The molecule has 1 aromatic carbocycles. The Labute approximate surface area is 174 Å². The van der Waals surface area contributed by atoms with Crippen LogP contribution >= 0.6 is 34.7 Å². The fraction of sp³-hybridized carbons (Fsp3) is 0.158. The van der Waals surface area contributed by atoms with Crippen LogP contribution in [0.2, 0.25) is 5.15 Å². The van der Waals surface area contributed by atoms with Gasteiger partial charge in [0.05, 0.1) is 10.4 Å². The Hall–Kier alpha value is -2.42. The molecule has 3 heterocycles. The molecule has 0 saturated heterocycles. The maximum absolute atomic E-state index is 11.3. The van der Waals surface area contributed by atoms with Crippen LogP contribution in [0.5, 0.6) is 0 Å². The van der Waals surface area contributed by atoms with Gasteiger partial charge in [-0.1, -0.05) is 47.6 Å². The predicted molar refractivity (Wildman–Crippen MR) is 113 cm³/mol. The van der Waals surface area contributed by atoms with Crippen molar-refractivity contribution in [2.75, 3.05) is 0 Å². The number of hydrogen-bond acceptors (Lipinski definition) is 6. The van der Waals surface area contributed by atoms with Crippen molar-refractivity contribution in [3.63, 3.8) is 0 Å². The molecule has 0 aliphatic rings. The molecule has 142 valence electrons. The molecule has 6 nitrogen and oxygen atoms in total. The maximum Gasteiger partial charge on any atom is 0.219 e. The number of carbonyl (C=O) groups is 1. The lowest BCUT2D eigenvalue weighted by Gasteiger charge is -2.09. The van der Waals surface area contributed by atoms with E-state index in [2.05, 4.69) is 15.2 Å². The molecule has 28 heavy (non-hydrogen) atoms. The SMILES string of the molecule is NC(=O)CCn1c(SCc2cc3ccccc3nc2Cl)nnc1-c1cccs1. The molecule has 4 rings (SSSR count). The molecule has 0 atom stereocenters. The summed E-state index contributed by atoms with van der Waals surface area (Å²) in [5.41, 5.74) is 7.13. The van der Waals surface area contributed by atoms with Gasteiger partial charge in [-0.3, -0.25) is 4.79 Å². The monoisotopic (exact) mass is 429 g/mol. The largest absolute Gasteiger partial charge is 0.370 e. The summed E-state index contributed by atoms with van der Waals surface area (Å²) in [6, 6.07) is 13.8. The topological polar surface area (TPSA) is 86.7 Å². The maximum atomic E-state index is 11.3. The van der Waals surface area contributed by atoms with Crippen molar-refractivity contribution in [3.05, 3.63) is 58.6 Å². The first-order chi connectivity index (χ1) is 13.6. The second-order valence-corrected chi connectivity index (χ2v) is 8.32. The van der Waals surface area contributed by atoms with Gasteiger partial charge in [-0.2, -0.15) is 0 Å². The molecule has 0 bridgehead atoms. The first kappa shape index (κ1) is 18.9. The van der Waals surface area contributed by atoms with Gasteiger partial charge >= 0.3 is 0 Å². The first-order valence-electron chi connectivity index (χ1n) is 8.54. The van der Waals surface area contributed by atoms with E-state index < -0.39 is 0 Å². The number of primary amides is 1. The van der Waals surface area contributed by atoms with Crippen LogP contribution in [0.1, 0.15) is 12.0 Å². The van der Waals surface area contributed by atoms with Gasteiger partial charge in [0.2, 0.25) is 5.91 Å². The Morgan fingerprint density at radius 1 is 1.21 bits per heavy atom. The van der Waals surface area contributed by atoms with E-state index in [9.17, 15) is 4.79 Å². The summed E-state index contributed by atoms with van der Waals surface area (Å²) in [5.74, 6) is 0.973. The van der Waals surface area contributed by atoms with Crippen LogP contribution in [0.3, 0.4) is 0 Å². The molecular weight excluding hydrogens is 414 g/mol. The van der Waals surface area contributed by atoms with Crippen molar-refractivity contribution < 1.29 is 4.79 Å². The number of carbonyl (C=O) groups excluding carboxylic acids is 1. The van der Waals surface area contributed by atoms with Crippen molar-refractivity contribution >= 4 is 51.5 Å². The lowest BCUT2D eigenvalue weighted by molar-refractivity contribution is -0.118. The van der Waals surface area contributed by atoms with Crippen LogP contribution in [0.25, 0.3) is 21.6 Å². The molecule has 0 radical (unpaired) electrons. The van der Waals surface area contributed by atoms with Crippen LogP contribution in [0, 0.1) is 0 Å². The van der Waals surface area contributed by atoms with Crippen molar-refractivity contribution in [3.8, 4) is 10.7 Å². The number of amides is 1. The Balaban J connectivity index is 1.61. The van der Waals surface area contributed by atoms with E-state index in [1.165, 1.54) is 11.8 Å². The highest BCUT2D eigenvalue weighted by molar-refractivity contribution is 7.98. The highest BCUT2D eigenvalue weighted by atomic mass is 35.5. The summed E-state index contributed by atoms with van der Waals surface area (Å²) < 4.78 is 1.93. The molecular formula is C19H16ClN5OS2. The summed E-state index contributed by atoms with van der Waals surface area (Å²) in [6.45, 7) is 0.432. The summed E-state index contributed by atoms with van der Waals surface area (Å²) in [4.78, 5) is 16.8. The number of nitrogens with two attached hydrogens (primary N) is 1. The van der Waals surface area contributed by atoms with Crippen molar-refractivity contribution in [1.29, 1.82) is 0 Å². The van der Waals surface area contributed by atoms with Crippen LogP contribution in [0.4, 0.5) is 0 Å². The number of rotatable bonds is 7. The first-order valence-corrected chi connectivity index (χ1v) is 10.8. The van der Waals surface area contributed by atoms with Gasteiger partial charge in [0.15, 0.2) is 11.0 Å². The van der Waals surface area contributed by atoms with Gasteiger partial charge in [-0.05, 0) is 23.6 Å². The molecule has 0 fully saturated rings. The molecule has 2 N–H and O–H groups in total. The average molecular weight is 430 g/mol. The summed E-state index contributed by atoms with van der Waals surface area (Å²) in [5, 5.41) is 12.9. The standard InChI is InChI=1S/C19H16ClN5OS2/c20-17-13(10-12-4-1-2-5-14(12)22-17)11-28-19-24-23-18(15-6-3-9-27-15)25(19)8-7-16(21)26/h1-6,9-10H,7-8,11H2,(H2,21,26). The molecule has 0 aliphatic heterocycles. The Bertz CT molecular complexity index is 1130. The number of halogens is 1. The Kier molecular flexibility index (Phi) is 5.61. The fourth-order valence-electron chi connectivity index (χ4n) is 2.79. The number of hydrogen-bond donors (Lipinski definition) is 1. The van der Waals surface area contributed by atoms with E-state index in [1.807, 2.05) is 52.4 Å². The van der Waals surface area contributed by atoms with E-state index in [0.717, 1.165) is 27.2 Å². The number of fused-ring (bicyclic) bond motifs is 1. The van der Waals surface area contributed by atoms with E-state index in [4.69, 9.17) is 17.3 Å². The number of benzene rings is 1. The van der Waals surface area contributed by atoms with E-state index in [1.54, 1.807) is 11.3 Å². The van der Waals surface area contributed by atoms with Gasteiger partial charge in [0.1, 0.15) is 5.15 Å². The zero-order chi connectivity index (χ0) is 19.5. The van der Waals surface area contributed by atoms with Gasteiger partial charge in [0, 0.05) is 29.7 Å². The molecule has 0 spiro atoms. The Morgan fingerprint density at radius 3 is 2.86 bits per heavy atom. The third-order valence-corrected chi connectivity index (χ3v) is 6.36. The van der Waals surface area contributed by atoms with Crippen molar-refractivity contribution in [2.24, 2.45) is 5.73 Å². The van der Waals surface area contributed by atoms with E-state index in [0.29, 0.717) is 22.6 Å². The number of aromatic nitrogens is 4. The fourth-order valence-corrected chi connectivity index (χ4v) is 4.73. The van der Waals surface area contributed by atoms with Crippen molar-refractivity contribution in [1.82, 2.24) is 19.7 Å². The van der Waals surface area contributed by atoms with Gasteiger partial charge < -0.3 is 10.3 Å². The molecule has 0 aliphatic carbocycles. The van der Waals surface area contributed by atoms with Crippen LogP contribution in [-0.4, -0.2) is 25.7 Å². The average Bonchev–Trinajstić information content (AvgIpc) is 3.34. The van der Waals surface area contributed by atoms with Gasteiger partial charge in [-0.25, -0.2) is 4.98 Å². The normalized spacial score (nSPS) is 11.2. The smallest absolute Gasteiger partial charge is 0.219 e. The molecule has 1 amide bonds. The quantitative estimate of drug-likeness (QED) is 0.348. The van der Waals surface area contributed by atoms with Gasteiger partial charge in [0.25, 0.3) is 0 Å².